The van der Waals surface area contributed by atoms with Gasteiger partial charge in [-0.15, -0.1) is 0 Å². The average molecular weight is 333 g/mol. The van der Waals surface area contributed by atoms with Gasteiger partial charge in [-0.25, -0.2) is 0 Å². The van der Waals surface area contributed by atoms with Gasteiger partial charge in [-0.3, -0.25) is 0 Å². The number of nitrogens with zero attached hydrogens (tertiary/aromatic N) is 1. The van der Waals surface area contributed by atoms with Crippen molar-refractivity contribution in [2.45, 2.75) is 58.3 Å². The number of hydrogen-bond acceptors (Lipinski definition) is 5. The fourth-order valence-corrected chi connectivity index (χ4v) is 7.07. The Balaban J connectivity index is 2.33. The van der Waals surface area contributed by atoms with Gasteiger partial charge in [0.05, 0.1) is 0 Å². The van der Waals surface area contributed by atoms with E-state index in [1.54, 1.807) is 18.0 Å². The third kappa shape index (κ3) is 3.48. The molecule has 0 saturated heterocycles. The molecule has 1 heterocycles. The Kier molecular flexibility index (Phi) is 5.11. The molecule has 1 aromatic heterocycles. The van der Waals surface area contributed by atoms with E-state index in [1.807, 2.05) is 19.2 Å². The summed E-state index contributed by atoms with van der Waals surface area (Å²) >= 11 is 1.63. The Labute approximate surface area is 132 Å². The van der Waals surface area contributed by atoms with Crippen molar-refractivity contribution in [3.05, 3.63) is 10.4 Å². The molecular weight excluding hydrogens is 305 g/mol. The predicted octanol–water partition coefficient (Wildman–Crippen LogP) is 3.98. The van der Waals surface area contributed by atoms with E-state index >= 15 is 0 Å². The molecule has 0 unspecified atom stereocenters. The fraction of sp³-hybridized carbons (Fsp3) is 0.800. The molecule has 1 saturated carbocycles. The summed E-state index contributed by atoms with van der Waals surface area (Å²) in [6, 6.07) is 0. The minimum atomic E-state index is -3.78. The van der Waals surface area contributed by atoms with Crippen molar-refractivity contribution < 1.29 is 13.9 Å². The third-order valence-corrected chi connectivity index (χ3v) is 8.67. The second kappa shape index (κ2) is 6.21. The molecule has 4 nitrogen and oxygen atoms in total. The Hall–Kier alpha value is -0.0600. The van der Waals surface area contributed by atoms with E-state index in [9.17, 15) is 4.89 Å². The standard InChI is InChI=1S/C15H28NO3PS/c1-5-18-20(4,17,19-6-2)13-12-21-14(16-13)15(3)10-8-7-9-11-15/h12,17H,5-11H2,1-4H3. The van der Waals surface area contributed by atoms with Crippen LogP contribution >= 0.6 is 18.6 Å². The SMILES string of the molecule is CCOP(C)(O)(OCC)c1csc(C2(C)CCCCC2)n1. The molecule has 0 aromatic carbocycles. The molecule has 0 amide bonds. The van der Waals surface area contributed by atoms with Gasteiger partial charge in [-0.05, 0) is 0 Å². The third-order valence-electron chi connectivity index (χ3n) is 4.35. The zero-order valence-corrected chi connectivity index (χ0v) is 15.3. The van der Waals surface area contributed by atoms with Crippen molar-refractivity contribution in [2.75, 3.05) is 19.9 Å². The second-order valence-corrected chi connectivity index (χ2v) is 10.7. The van der Waals surface area contributed by atoms with Gasteiger partial charge >= 0.3 is 132 Å². The summed E-state index contributed by atoms with van der Waals surface area (Å²) in [5, 5.41) is 3.04. The zero-order valence-electron chi connectivity index (χ0n) is 13.6. The normalized spacial score (nSPS) is 20.9. The van der Waals surface area contributed by atoms with Crippen molar-refractivity contribution in [3.63, 3.8) is 0 Å². The van der Waals surface area contributed by atoms with Crippen LogP contribution in [-0.4, -0.2) is 29.8 Å². The first-order valence-electron chi connectivity index (χ1n) is 7.86. The molecule has 1 fully saturated rings. The zero-order chi connectivity index (χ0) is 15.6. The molecule has 6 heteroatoms. The van der Waals surface area contributed by atoms with Gasteiger partial charge in [0.2, 0.25) is 0 Å². The molecule has 122 valence electrons. The predicted molar refractivity (Wildman–Crippen MR) is 90.5 cm³/mol. The first-order chi connectivity index (χ1) is 9.83. The fourth-order valence-electron chi connectivity index (χ4n) is 3.10. The first kappa shape index (κ1) is 17.3. The van der Waals surface area contributed by atoms with Crippen LogP contribution in [0.4, 0.5) is 0 Å². The number of rotatable bonds is 6. The Morgan fingerprint density at radius 3 is 2.33 bits per heavy atom. The molecule has 1 N–H and O–H groups in total. The van der Waals surface area contributed by atoms with E-state index in [0.29, 0.717) is 18.6 Å². The molecule has 1 aliphatic rings. The summed E-state index contributed by atoms with van der Waals surface area (Å²) in [5.41, 5.74) is 0.737. The summed E-state index contributed by atoms with van der Waals surface area (Å²) in [7, 11) is -3.78. The van der Waals surface area contributed by atoms with Crippen molar-refractivity contribution in [1.29, 1.82) is 0 Å². The maximum atomic E-state index is 11.1. The van der Waals surface area contributed by atoms with E-state index in [-0.39, 0.29) is 5.41 Å². The van der Waals surface area contributed by atoms with Gasteiger partial charge in [0.1, 0.15) is 0 Å². The van der Waals surface area contributed by atoms with Gasteiger partial charge in [0.15, 0.2) is 0 Å². The molecule has 0 radical (unpaired) electrons. The molecule has 2 rings (SSSR count). The van der Waals surface area contributed by atoms with Gasteiger partial charge in [0.25, 0.3) is 0 Å². The Bertz CT molecular complexity index is 473. The summed E-state index contributed by atoms with van der Waals surface area (Å²) < 4.78 is 11.4. The average Bonchev–Trinajstić information content (AvgIpc) is 2.91. The molecule has 0 aliphatic heterocycles. The summed E-state index contributed by atoms with van der Waals surface area (Å²) in [6.45, 7) is 8.54. The monoisotopic (exact) mass is 333 g/mol. The maximum absolute atomic E-state index is 11.1. The van der Waals surface area contributed by atoms with Crippen LogP contribution in [0.3, 0.4) is 0 Å². The Morgan fingerprint density at radius 1 is 1.24 bits per heavy atom. The quantitative estimate of drug-likeness (QED) is 0.800. The summed E-state index contributed by atoms with van der Waals surface area (Å²) in [5.74, 6) is 0. The molecule has 0 bridgehead atoms. The van der Waals surface area contributed by atoms with Crippen LogP contribution in [0.25, 0.3) is 0 Å². The van der Waals surface area contributed by atoms with Crippen LogP contribution in [0.15, 0.2) is 5.38 Å². The number of hydrogen-bond donors (Lipinski definition) is 1. The summed E-state index contributed by atoms with van der Waals surface area (Å²) in [6.07, 6.45) is 6.19. The van der Waals surface area contributed by atoms with Crippen LogP contribution < -0.4 is 5.44 Å². The molecule has 1 aromatic rings. The van der Waals surface area contributed by atoms with Crippen molar-refractivity contribution in [2.24, 2.45) is 0 Å². The second-order valence-electron chi connectivity index (χ2n) is 6.28. The van der Waals surface area contributed by atoms with E-state index in [0.717, 1.165) is 5.01 Å². The number of thiazole rings is 1. The molecule has 0 atom stereocenters. The van der Waals surface area contributed by atoms with Gasteiger partial charge in [-0.1, -0.05) is 0 Å². The van der Waals surface area contributed by atoms with Gasteiger partial charge < -0.3 is 0 Å². The minimum absolute atomic E-state index is 0.143. The summed E-state index contributed by atoms with van der Waals surface area (Å²) in [4.78, 5) is 15.8. The van der Waals surface area contributed by atoms with Gasteiger partial charge in [0, 0.05) is 0 Å². The van der Waals surface area contributed by atoms with E-state index in [4.69, 9.17) is 14.0 Å². The number of aromatic nitrogens is 1. The molecule has 1 aliphatic carbocycles. The Morgan fingerprint density at radius 2 is 1.81 bits per heavy atom. The first-order valence-corrected chi connectivity index (χ1v) is 11.2. The van der Waals surface area contributed by atoms with E-state index in [1.165, 1.54) is 32.1 Å². The molecule has 21 heavy (non-hydrogen) atoms. The van der Waals surface area contributed by atoms with E-state index < -0.39 is 7.28 Å². The van der Waals surface area contributed by atoms with Crippen LogP contribution in [0.2, 0.25) is 0 Å². The van der Waals surface area contributed by atoms with E-state index in [2.05, 4.69) is 6.92 Å². The molecular formula is C15H28NO3PS. The van der Waals surface area contributed by atoms with Crippen LogP contribution in [0, 0.1) is 0 Å². The van der Waals surface area contributed by atoms with Gasteiger partial charge in [-0.2, -0.15) is 0 Å². The van der Waals surface area contributed by atoms with Crippen molar-refractivity contribution in [3.8, 4) is 0 Å². The topological polar surface area (TPSA) is 51.6 Å². The van der Waals surface area contributed by atoms with Crippen LogP contribution in [-0.2, 0) is 14.5 Å². The van der Waals surface area contributed by atoms with Crippen molar-refractivity contribution >= 4 is 24.1 Å². The molecule has 0 spiro atoms. The van der Waals surface area contributed by atoms with Crippen molar-refractivity contribution in [1.82, 2.24) is 4.98 Å². The van der Waals surface area contributed by atoms with Crippen LogP contribution in [0.5, 0.6) is 0 Å². The van der Waals surface area contributed by atoms with Crippen LogP contribution in [0.1, 0.15) is 57.9 Å².